The van der Waals surface area contributed by atoms with Gasteiger partial charge >= 0.3 is 0 Å². The highest BCUT2D eigenvalue weighted by Gasteiger charge is 2.28. The van der Waals surface area contributed by atoms with Gasteiger partial charge < -0.3 is 15.4 Å². The number of amides is 2. The Balaban J connectivity index is 1.46. The number of benzene rings is 3. The van der Waals surface area contributed by atoms with E-state index in [1.807, 2.05) is 91.0 Å². The van der Waals surface area contributed by atoms with Crippen LogP contribution in [0.1, 0.15) is 18.0 Å². The maximum atomic E-state index is 12.8. The van der Waals surface area contributed by atoms with Gasteiger partial charge in [-0.3, -0.25) is 14.8 Å². The van der Waals surface area contributed by atoms with Crippen LogP contribution in [0.15, 0.2) is 103 Å². The number of aliphatic hydroxyl groups excluding tert-OH is 1. The first-order valence-electron chi connectivity index (χ1n) is 11.7. The second-order valence-electron chi connectivity index (χ2n) is 8.68. The predicted octanol–water partition coefficient (Wildman–Crippen LogP) is 4.06. The number of aromatic nitrogens is 1. The molecule has 0 aliphatic rings. The Labute approximate surface area is 210 Å². The fraction of sp³-hybridized carbons (Fsp3) is 0.172. The average Bonchev–Trinajstić information content (AvgIpc) is 3.40. The fourth-order valence-corrected chi connectivity index (χ4v) is 4.19. The molecule has 7 nitrogen and oxygen atoms in total. The van der Waals surface area contributed by atoms with Gasteiger partial charge in [-0.25, -0.2) is 5.06 Å². The number of primary amides is 1. The van der Waals surface area contributed by atoms with Crippen molar-refractivity contribution < 1.29 is 19.9 Å². The molecule has 0 bridgehead atoms. The standard InChI is InChI=1S/C29H29N3O4/c30-29(35)27(18-28(34)32(36)26(20-33)17-21-7-3-1-4-8-21)31-16-15-25(19-31)24-13-11-23(12-14-24)22-9-5-2-6-10-22/h1-16,19,26-27,33,36H,17-18,20H2,(H2,30,35)/t26-,27+/m0/s1. The molecule has 4 N–H and O–H groups in total. The molecule has 184 valence electrons. The van der Waals surface area contributed by atoms with Crippen LogP contribution in [-0.4, -0.2) is 44.4 Å². The third-order valence-corrected chi connectivity index (χ3v) is 6.22. The van der Waals surface area contributed by atoms with Crippen LogP contribution in [-0.2, 0) is 16.0 Å². The summed E-state index contributed by atoms with van der Waals surface area (Å²) in [4.78, 5) is 25.0. The minimum Gasteiger partial charge on any atom is -0.394 e. The molecule has 0 aliphatic heterocycles. The molecule has 0 unspecified atom stereocenters. The first-order chi connectivity index (χ1) is 17.5. The van der Waals surface area contributed by atoms with Crippen LogP contribution in [0.5, 0.6) is 0 Å². The molecular formula is C29H29N3O4. The molecule has 3 aromatic carbocycles. The summed E-state index contributed by atoms with van der Waals surface area (Å²) in [6, 6.07) is 27.4. The summed E-state index contributed by atoms with van der Waals surface area (Å²) in [6.07, 6.45) is 3.39. The number of hydrogen-bond acceptors (Lipinski definition) is 4. The molecule has 0 spiro atoms. The van der Waals surface area contributed by atoms with E-state index in [0.717, 1.165) is 27.8 Å². The lowest BCUT2D eigenvalue weighted by atomic mass is 10.0. The first kappa shape index (κ1) is 24.9. The number of nitrogens with zero attached hydrogens (tertiary/aromatic N) is 2. The zero-order valence-electron chi connectivity index (χ0n) is 19.8. The second kappa shape index (κ2) is 11.5. The Kier molecular flexibility index (Phi) is 7.95. The highest BCUT2D eigenvalue weighted by Crippen LogP contribution is 2.27. The topological polar surface area (TPSA) is 109 Å². The molecule has 0 radical (unpaired) electrons. The van der Waals surface area contributed by atoms with Crippen LogP contribution in [0.3, 0.4) is 0 Å². The summed E-state index contributed by atoms with van der Waals surface area (Å²) in [7, 11) is 0. The second-order valence-corrected chi connectivity index (χ2v) is 8.68. The van der Waals surface area contributed by atoms with Gasteiger partial charge in [0.2, 0.25) is 11.8 Å². The van der Waals surface area contributed by atoms with Crippen molar-refractivity contribution in [3.63, 3.8) is 0 Å². The maximum Gasteiger partial charge on any atom is 0.248 e. The molecule has 0 saturated carbocycles. The summed E-state index contributed by atoms with van der Waals surface area (Å²) in [5.74, 6) is -1.39. The number of hydrogen-bond donors (Lipinski definition) is 3. The van der Waals surface area contributed by atoms with Crippen molar-refractivity contribution >= 4 is 11.8 Å². The Morgan fingerprint density at radius 3 is 1.94 bits per heavy atom. The zero-order chi connectivity index (χ0) is 25.5. The summed E-state index contributed by atoms with van der Waals surface area (Å²) in [6.45, 7) is -0.426. The molecule has 4 rings (SSSR count). The van der Waals surface area contributed by atoms with Gasteiger partial charge in [0, 0.05) is 12.4 Å². The normalized spacial score (nSPS) is 12.6. The molecular weight excluding hydrogens is 454 g/mol. The smallest absolute Gasteiger partial charge is 0.248 e. The summed E-state index contributed by atoms with van der Waals surface area (Å²) in [5.41, 5.74) is 10.5. The zero-order valence-corrected chi connectivity index (χ0v) is 19.8. The number of aliphatic hydroxyl groups is 1. The molecule has 2 atom stereocenters. The van der Waals surface area contributed by atoms with Crippen molar-refractivity contribution in [1.29, 1.82) is 0 Å². The SMILES string of the molecule is NC(=O)[C@@H](CC(=O)N(O)[C@H](CO)Cc1ccccc1)n1ccc(-c2ccc(-c3ccccc3)cc2)c1. The molecule has 0 fully saturated rings. The van der Waals surface area contributed by atoms with E-state index in [1.54, 1.807) is 17.0 Å². The number of rotatable bonds is 10. The molecule has 0 saturated heterocycles. The maximum absolute atomic E-state index is 12.8. The Bertz CT molecular complexity index is 1290. The Hall–Kier alpha value is -4.20. The summed E-state index contributed by atoms with van der Waals surface area (Å²) >= 11 is 0. The van der Waals surface area contributed by atoms with E-state index >= 15 is 0 Å². The van der Waals surface area contributed by atoms with Gasteiger partial charge in [-0.15, -0.1) is 0 Å². The lowest BCUT2D eigenvalue weighted by Gasteiger charge is -2.26. The third-order valence-electron chi connectivity index (χ3n) is 6.22. The summed E-state index contributed by atoms with van der Waals surface area (Å²) in [5, 5.41) is 20.7. The Morgan fingerprint density at radius 2 is 1.36 bits per heavy atom. The quantitative estimate of drug-likeness (QED) is 0.233. The van der Waals surface area contributed by atoms with Gasteiger partial charge in [0.25, 0.3) is 0 Å². The van der Waals surface area contributed by atoms with E-state index in [4.69, 9.17) is 5.73 Å². The molecule has 2 amide bonds. The van der Waals surface area contributed by atoms with Gasteiger partial charge in [-0.05, 0) is 40.3 Å². The van der Waals surface area contributed by atoms with Crippen LogP contribution in [0.4, 0.5) is 0 Å². The molecule has 4 aromatic rings. The largest absolute Gasteiger partial charge is 0.394 e. The van der Waals surface area contributed by atoms with E-state index in [2.05, 4.69) is 0 Å². The summed E-state index contributed by atoms with van der Waals surface area (Å²) < 4.78 is 1.58. The monoisotopic (exact) mass is 483 g/mol. The van der Waals surface area contributed by atoms with E-state index in [-0.39, 0.29) is 12.8 Å². The number of carbonyl (C=O) groups is 2. The minimum absolute atomic E-state index is 0.271. The number of hydroxylamine groups is 2. The van der Waals surface area contributed by atoms with Crippen molar-refractivity contribution in [1.82, 2.24) is 9.63 Å². The van der Waals surface area contributed by atoms with Crippen LogP contribution < -0.4 is 5.73 Å². The highest BCUT2D eigenvalue weighted by molar-refractivity contribution is 5.86. The molecule has 36 heavy (non-hydrogen) atoms. The molecule has 1 heterocycles. The van der Waals surface area contributed by atoms with Crippen LogP contribution >= 0.6 is 0 Å². The van der Waals surface area contributed by atoms with E-state index in [1.165, 1.54) is 0 Å². The number of carbonyl (C=O) groups excluding carboxylic acids is 2. The van der Waals surface area contributed by atoms with Crippen molar-refractivity contribution in [3.05, 3.63) is 109 Å². The molecule has 1 aromatic heterocycles. The lowest BCUT2D eigenvalue weighted by Crippen LogP contribution is -2.43. The van der Waals surface area contributed by atoms with Crippen molar-refractivity contribution in [2.24, 2.45) is 5.73 Å². The average molecular weight is 484 g/mol. The van der Waals surface area contributed by atoms with Gasteiger partial charge in [0.15, 0.2) is 0 Å². The van der Waals surface area contributed by atoms with Crippen molar-refractivity contribution in [3.8, 4) is 22.3 Å². The fourth-order valence-electron chi connectivity index (χ4n) is 4.19. The lowest BCUT2D eigenvalue weighted by molar-refractivity contribution is -0.180. The Morgan fingerprint density at radius 1 is 0.806 bits per heavy atom. The van der Waals surface area contributed by atoms with Crippen LogP contribution in [0, 0.1) is 0 Å². The highest BCUT2D eigenvalue weighted by atomic mass is 16.5. The third kappa shape index (κ3) is 5.89. The molecule has 7 heteroatoms. The van der Waals surface area contributed by atoms with Gasteiger partial charge in [0.1, 0.15) is 6.04 Å². The van der Waals surface area contributed by atoms with Crippen LogP contribution in [0.25, 0.3) is 22.3 Å². The van der Waals surface area contributed by atoms with Gasteiger partial charge in [-0.2, -0.15) is 0 Å². The first-order valence-corrected chi connectivity index (χ1v) is 11.7. The van der Waals surface area contributed by atoms with Crippen molar-refractivity contribution in [2.75, 3.05) is 6.61 Å². The van der Waals surface area contributed by atoms with Crippen LogP contribution in [0.2, 0.25) is 0 Å². The predicted molar refractivity (Wildman–Crippen MR) is 138 cm³/mol. The van der Waals surface area contributed by atoms with Gasteiger partial charge in [-0.1, -0.05) is 84.9 Å². The van der Waals surface area contributed by atoms with E-state index < -0.39 is 30.5 Å². The van der Waals surface area contributed by atoms with Gasteiger partial charge in [0.05, 0.1) is 19.1 Å². The number of nitrogens with two attached hydrogens (primary N) is 1. The molecule has 0 aliphatic carbocycles. The van der Waals surface area contributed by atoms with Crippen molar-refractivity contribution in [2.45, 2.75) is 24.9 Å². The minimum atomic E-state index is -0.986. The van der Waals surface area contributed by atoms with E-state index in [9.17, 15) is 19.9 Å². The van der Waals surface area contributed by atoms with E-state index in [0.29, 0.717) is 5.06 Å².